The lowest BCUT2D eigenvalue weighted by Gasteiger charge is -2.62. The molecule has 0 spiro atoms. The predicted molar refractivity (Wildman–Crippen MR) is 80.6 cm³/mol. The number of nitrogens with zero attached hydrogens (tertiary/aromatic N) is 3. The average molecular weight is 289 g/mol. The first-order valence-corrected chi connectivity index (χ1v) is 8.57. The van der Waals surface area contributed by atoms with Crippen LogP contribution in [0.25, 0.3) is 0 Å². The van der Waals surface area contributed by atoms with Gasteiger partial charge in [0, 0.05) is 13.0 Å². The molecule has 0 aliphatic heterocycles. The summed E-state index contributed by atoms with van der Waals surface area (Å²) in [6.07, 6.45) is 9.92. The number of hydrogen-bond donors (Lipinski definition) is 1. The number of aliphatic hydroxyl groups excluding tert-OH is 1. The molecule has 3 atom stereocenters. The average Bonchev–Trinajstić information content (AvgIpc) is 2.83. The molecule has 116 valence electrons. The molecule has 4 fully saturated rings. The van der Waals surface area contributed by atoms with E-state index in [1.54, 1.807) is 6.33 Å². The van der Waals surface area contributed by atoms with E-state index in [9.17, 15) is 5.11 Å². The maximum atomic E-state index is 11.0. The first-order chi connectivity index (χ1) is 10.0. The summed E-state index contributed by atoms with van der Waals surface area (Å²) in [6, 6.07) is 0. The molecular formula is C17H27N3O. The summed E-state index contributed by atoms with van der Waals surface area (Å²) in [4.78, 5) is 4.36. The molecule has 4 aliphatic carbocycles. The highest BCUT2D eigenvalue weighted by Gasteiger charge is 2.58. The molecule has 0 radical (unpaired) electrons. The lowest BCUT2D eigenvalue weighted by molar-refractivity contribution is -0.153. The molecule has 4 aliphatic rings. The van der Waals surface area contributed by atoms with Crippen molar-refractivity contribution >= 4 is 0 Å². The minimum absolute atomic E-state index is 0.156. The Bertz CT molecular complexity index is 524. The van der Waals surface area contributed by atoms with Gasteiger partial charge in [-0.1, -0.05) is 6.92 Å². The van der Waals surface area contributed by atoms with Gasteiger partial charge in [-0.15, -0.1) is 0 Å². The Morgan fingerprint density at radius 2 is 2.05 bits per heavy atom. The molecule has 0 aromatic carbocycles. The van der Waals surface area contributed by atoms with E-state index in [1.807, 2.05) is 4.68 Å². The quantitative estimate of drug-likeness (QED) is 0.927. The third-order valence-electron chi connectivity index (χ3n) is 6.48. The Balaban J connectivity index is 1.58. The van der Waals surface area contributed by atoms with E-state index in [1.165, 1.54) is 38.5 Å². The van der Waals surface area contributed by atoms with Gasteiger partial charge in [-0.2, -0.15) is 5.10 Å². The van der Waals surface area contributed by atoms with Gasteiger partial charge < -0.3 is 5.11 Å². The van der Waals surface area contributed by atoms with Crippen molar-refractivity contribution in [3.8, 4) is 0 Å². The number of rotatable bonds is 4. The van der Waals surface area contributed by atoms with Crippen molar-refractivity contribution in [3.63, 3.8) is 0 Å². The zero-order valence-electron chi connectivity index (χ0n) is 13.3. The Hall–Kier alpha value is -0.900. The summed E-state index contributed by atoms with van der Waals surface area (Å²) in [7, 11) is 0. The Labute approximate surface area is 127 Å². The van der Waals surface area contributed by atoms with Crippen LogP contribution in [0.15, 0.2) is 6.33 Å². The molecule has 0 saturated heterocycles. The fourth-order valence-corrected chi connectivity index (χ4v) is 6.29. The Morgan fingerprint density at radius 3 is 2.67 bits per heavy atom. The van der Waals surface area contributed by atoms with Crippen molar-refractivity contribution < 1.29 is 5.11 Å². The van der Waals surface area contributed by atoms with Crippen molar-refractivity contribution in [1.29, 1.82) is 0 Å². The molecule has 1 aromatic heterocycles. The maximum absolute atomic E-state index is 11.0. The van der Waals surface area contributed by atoms with Crippen molar-refractivity contribution in [2.75, 3.05) is 0 Å². The fraction of sp³-hybridized carbons (Fsp3) is 0.882. The molecule has 4 heteroatoms. The minimum Gasteiger partial charge on any atom is -0.392 e. The SMILES string of the molecule is CCn1ncnc1CC(O)C12CC3CC(CC(C)(C3)C1)C2. The third kappa shape index (κ3) is 2.14. The summed E-state index contributed by atoms with van der Waals surface area (Å²) in [5, 5.41) is 15.3. The molecule has 21 heavy (non-hydrogen) atoms. The van der Waals surface area contributed by atoms with Gasteiger partial charge in [0.2, 0.25) is 0 Å². The summed E-state index contributed by atoms with van der Waals surface area (Å²) < 4.78 is 1.92. The standard InChI is InChI=1S/C17H27N3O/c1-3-20-15(18-11-19-20)5-14(21)17-8-12-4-13(9-17)7-16(2,6-12)10-17/h11-14,21H,3-10H2,1-2H3. The zero-order valence-corrected chi connectivity index (χ0v) is 13.3. The molecule has 4 bridgehead atoms. The lowest BCUT2D eigenvalue weighted by Crippen LogP contribution is -2.55. The van der Waals surface area contributed by atoms with Crippen LogP contribution in [0, 0.1) is 22.7 Å². The highest BCUT2D eigenvalue weighted by Crippen LogP contribution is 2.66. The van der Waals surface area contributed by atoms with Crippen LogP contribution in [-0.2, 0) is 13.0 Å². The highest BCUT2D eigenvalue weighted by molar-refractivity contribution is 5.09. The van der Waals surface area contributed by atoms with Gasteiger partial charge in [-0.25, -0.2) is 4.98 Å². The van der Waals surface area contributed by atoms with Gasteiger partial charge in [0.25, 0.3) is 0 Å². The molecule has 3 unspecified atom stereocenters. The summed E-state index contributed by atoms with van der Waals surface area (Å²) in [6.45, 7) is 5.37. The van der Waals surface area contributed by atoms with Gasteiger partial charge in [0.15, 0.2) is 0 Å². The van der Waals surface area contributed by atoms with Crippen molar-refractivity contribution in [1.82, 2.24) is 14.8 Å². The largest absolute Gasteiger partial charge is 0.392 e. The van der Waals surface area contributed by atoms with E-state index >= 15 is 0 Å². The highest BCUT2D eigenvalue weighted by atomic mass is 16.3. The molecule has 5 rings (SSSR count). The molecule has 1 heterocycles. The van der Waals surface area contributed by atoms with E-state index in [-0.39, 0.29) is 11.5 Å². The smallest absolute Gasteiger partial charge is 0.138 e. The Morgan fingerprint density at radius 1 is 1.33 bits per heavy atom. The predicted octanol–water partition coefficient (Wildman–Crippen LogP) is 2.81. The molecule has 0 amide bonds. The molecule has 1 aromatic rings. The Kier molecular flexibility index (Phi) is 2.97. The summed E-state index contributed by atoms with van der Waals surface area (Å²) in [5.41, 5.74) is 0.646. The zero-order chi connectivity index (χ0) is 14.7. The van der Waals surface area contributed by atoms with Gasteiger partial charge in [0.1, 0.15) is 12.2 Å². The maximum Gasteiger partial charge on any atom is 0.138 e. The van der Waals surface area contributed by atoms with Crippen LogP contribution in [-0.4, -0.2) is 26.0 Å². The van der Waals surface area contributed by atoms with Gasteiger partial charge in [-0.3, -0.25) is 4.68 Å². The van der Waals surface area contributed by atoms with E-state index in [0.717, 1.165) is 24.2 Å². The number of aliphatic hydroxyl groups is 1. The number of aromatic nitrogens is 3. The lowest BCUT2D eigenvalue weighted by atomic mass is 9.43. The summed E-state index contributed by atoms with van der Waals surface area (Å²) in [5.74, 6) is 2.66. The normalized spacial score (nSPS) is 42.4. The van der Waals surface area contributed by atoms with Gasteiger partial charge >= 0.3 is 0 Å². The first-order valence-electron chi connectivity index (χ1n) is 8.57. The fourth-order valence-electron chi connectivity index (χ4n) is 6.29. The van der Waals surface area contributed by atoms with Crippen LogP contribution >= 0.6 is 0 Å². The third-order valence-corrected chi connectivity index (χ3v) is 6.48. The minimum atomic E-state index is -0.253. The van der Waals surface area contributed by atoms with Gasteiger partial charge in [0.05, 0.1) is 6.10 Å². The summed E-state index contributed by atoms with van der Waals surface area (Å²) >= 11 is 0. The second-order valence-corrected chi connectivity index (χ2v) is 8.35. The van der Waals surface area contributed by atoms with Crippen LogP contribution in [0.4, 0.5) is 0 Å². The molecule has 4 saturated carbocycles. The van der Waals surface area contributed by atoms with E-state index in [4.69, 9.17) is 0 Å². The topological polar surface area (TPSA) is 50.9 Å². The number of aryl methyl sites for hydroxylation is 1. The van der Waals surface area contributed by atoms with Crippen LogP contribution in [0.5, 0.6) is 0 Å². The van der Waals surface area contributed by atoms with E-state index in [2.05, 4.69) is 23.9 Å². The van der Waals surface area contributed by atoms with E-state index < -0.39 is 0 Å². The first kappa shape index (κ1) is 13.7. The van der Waals surface area contributed by atoms with Crippen LogP contribution < -0.4 is 0 Å². The van der Waals surface area contributed by atoms with Gasteiger partial charge in [-0.05, 0) is 68.1 Å². The van der Waals surface area contributed by atoms with Crippen LogP contribution in [0.3, 0.4) is 0 Å². The van der Waals surface area contributed by atoms with Crippen LogP contribution in [0.2, 0.25) is 0 Å². The van der Waals surface area contributed by atoms with Crippen molar-refractivity contribution in [2.45, 2.75) is 71.4 Å². The molecular weight excluding hydrogens is 262 g/mol. The number of hydrogen-bond acceptors (Lipinski definition) is 3. The van der Waals surface area contributed by atoms with E-state index in [0.29, 0.717) is 11.8 Å². The van der Waals surface area contributed by atoms with Crippen molar-refractivity contribution in [2.24, 2.45) is 22.7 Å². The molecule has 4 nitrogen and oxygen atoms in total. The van der Waals surface area contributed by atoms with Crippen molar-refractivity contribution in [3.05, 3.63) is 12.2 Å². The second kappa shape index (κ2) is 4.55. The second-order valence-electron chi connectivity index (χ2n) is 8.35. The molecule has 1 N–H and O–H groups in total. The van der Waals surface area contributed by atoms with Crippen LogP contribution in [0.1, 0.15) is 58.2 Å². The monoisotopic (exact) mass is 289 g/mol.